The zero-order valence-corrected chi connectivity index (χ0v) is 18.7. The largest absolute Gasteiger partial charge is 0.390 e. The Morgan fingerprint density at radius 1 is 0.808 bits per heavy atom. The molecule has 0 bridgehead atoms. The van der Waals surface area contributed by atoms with Gasteiger partial charge in [0.25, 0.3) is 0 Å². The van der Waals surface area contributed by atoms with E-state index in [9.17, 15) is 10.2 Å². The molecule has 0 saturated heterocycles. The first-order valence-corrected chi connectivity index (χ1v) is 10.8. The quantitative estimate of drug-likeness (QED) is 0.258. The highest BCUT2D eigenvalue weighted by Crippen LogP contribution is 2.27. The van der Waals surface area contributed by atoms with Crippen LogP contribution in [0.25, 0.3) is 0 Å². The number of aliphatic hydroxyl groups is 2. The lowest BCUT2D eigenvalue weighted by molar-refractivity contribution is 0.0679. The van der Waals surface area contributed by atoms with Gasteiger partial charge in [-0.1, -0.05) is 69.6 Å². The molecule has 0 aromatic rings. The van der Waals surface area contributed by atoms with Crippen LogP contribution in [-0.2, 0) is 0 Å². The standard InChI is InChI=1S/C24H46O2/c1-8-9-10-14-17-24(7,26)21(4)19-22(18-20(2)3)15-12-11-13-16-23(5,6)25/h18-19,22,25-26H,8-17H2,1-7H3/b21-19-. The Kier molecular flexibility index (Phi) is 12.4. The van der Waals surface area contributed by atoms with Crippen LogP contribution in [0.4, 0.5) is 0 Å². The van der Waals surface area contributed by atoms with Crippen molar-refractivity contribution in [3.05, 3.63) is 23.3 Å². The average Bonchev–Trinajstić information content (AvgIpc) is 2.49. The topological polar surface area (TPSA) is 40.5 Å². The van der Waals surface area contributed by atoms with Crippen LogP contribution in [0.2, 0.25) is 0 Å². The summed E-state index contributed by atoms with van der Waals surface area (Å²) in [7, 11) is 0. The Labute approximate surface area is 163 Å². The minimum Gasteiger partial charge on any atom is -0.390 e. The maximum atomic E-state index is 10.8. The average molecular weight is 367 g/mol. The Bertz CT molecular complexity index is 420. The molecule has 0 aliphatic carbocycles. The molecule has 0 aromatic heterocycles. The summed E-state index contributed by atoms with van der Waals surface area (Å²) in [6, 6.07) is 0. The van der Waals surface area contributed by atoms with Crippen molar-refractivity contribution in [2.75, 3.05) is 0 Å². The van der Waals surface area contributed by atoms with Crippen LogP contribution in [0.15, 0.2) is 23.3 Å². The van der Waals surface area contributed by atoms with E-state index in [1.165, 1.54) is 24.8 Å². The molecular weight excluding hydrogens is 320 g/mol. The predicted molar refractivity (Wildman–Crippen MR) is 115 cm³/mol. The number of hydrogen-bond acceptors (Lipinski definition) is 2. The normalized spacial score (nSPS) is 16.3. The first-order valence-electron chi connectivity index (χ1n) is 10.8. The van der Waals surface area contributed by atoms with Gasteiger partial charge in [-0.3, -0.25) is 0 Å². The van der Waals surface area contributed by atoms with Crippen molar-refractivity contribution in [2.24, 2.45) is 5.92 Å². The van der Waals surface area contributed by atoms with Crippen molar-refractivity contribution in [2.45, 2.75) is 124 Å². The predicted octanol–water partition coefficient (Wildman–Crippen LogP) is 6.96. The zero-order valence-electron chi connectivity index (χ0n) is 18.7. The van der Waals surface area contributed by atoms with Gasteiger partial charge in [-0.2, -0.15) is 0 Å². The zero-order chi connectivity index (χ0) is 20.2. The fraction of sp³-hybridized carbons (Fsp3) is 0.833. The lowest BCUT2D eigenvalue weighted by Gasteiger charge is -2.26. The second-order valence-electron chi connectivity index (χ2n) is 9.25. The van der Waals surface area contributed by atoms with E-state index in [-0.39, 0.29) is 0 Å². The number of rotatable bonds is 14. The number of unbranched alkanes of at least 4 members (excludes halogenated alkanes) is 5. The molecule has 0 heterocycles. The second kappa shape index (κ2) is 12.7. The van der Waals surface area contributed by atoms with Gasteiger partial charge in [-0.05, 0) is 72.3 Å². The van der Waals surface area contributed by atoms with Crippen LogP contribution >= 0.6 is 0 Å². The molecule has 0 spiro atoms. The van der Waals surface area contributed by atoms with Crippen LogP contribution in [-0.4, -0.2) is 21.4 Å². The molecule has 0 radical (unpaired) electrons. The third-order valence-electron chi connectivity index (χ3n) is 5.20. The van der Waals surface area contributed by atoms with E-state index in [0.717, 1.165) is 50.5 Å². The van der Waals surface area contributed by atoms with Gasteiger partial charge in [0.15, 0.2) is 0 Å². The lowest BCUT2D eigenvalue weighted by Crippen LogP contribution is -2.26. The summed E-state index contributed by atoms with van der Waals surface area (Å²) in [5, 5.41) is 20.7. The van der Waals surface area contributed by atoms with Crippen molar-refractivity contribution in [3.8, 4) is 0 Å². The van der Waals surface area contributed by atoms with Crippen molar-refractivity contribution >= 4 is 0 Å². The summed E-state index contributed by atoms with van der Waals surface area (Å²) in [5.74, 6) is 0.393. The van der Waals surface area contributed by atoms with E-state index in [4.69, 9.17) is 0 Å². The van der Waals surface area contributed by atoms with Gasteiger partial charge >= 0.3 is 0 Å². The van der Waals surface area contributed by atoms with E-state index in [1.807, 2.05) is 20.8 Å². The van der Waals surface area contributed by atoms with Gasteiger partial charge in [-0.15, -0.1) is 0 Å². The monoisotopic (exact) mass is 366 g/mol. The first-order chi connectivity index (χ1) is 12.0. The molecule has 0 aliphatic heterocycles. The molecule has 0 saturated carbocycles. The minimum atomic E-state index is -0.692. The Morgan fingerprint density at radius 2 is 1.38 bits per heavy atom. The van der Waals surface area contributed by atoms with Crippen molar-refractivity contribution in [1.29, 1.82) is 0 Å². The van der Waals surface area contributed by atoms with Crippen molar-refractivity contribution in [3.63, 3.8) is 0 Å². The molecule has 2 atom stereocenters. The maximum Gasteiger partial charge on any atom is 0.0826 e. The highest BCUT2D eigenvalue weighted by Gasteiger charge is 2.22. The molecule has 0 aromatic carbocycles. The first kappa shape index (κ1) is 25.4. The molecule has 2 nitrogen and oxygen atoms in total. The summed E-state index contributed by atoms with van der Waals surface area (Å²) >= 11 is 0. The molecule has 154 valence electrons. The lowest BCUT2D eigenvalue weighted by atomic mass is 9.86. The summed E-state index contributed by atoms with van der Waals surface area (Å²) in [6.45, 7) is 14.3. The van der Waals surface area contributed by atoms with Gasteiger partial charge in [0, 0.05) is 0 Å². The third kappa shape index (κ3) is 13.6. The maximum absolute atomic E-state index is 10.8. The van der Waals surface area contributed by atoms with Crippen LogP contribution in [0, 0.1) is 5.92 Å². The van der Waals surface area contributed by atoms with Crippen LogP contribution in [0.3, 0.4) is 0 Å². The van der Waals surface area contributed by atoms with Gasteiger partial charge in [0.05, 0.1) is 11.2 Å². The fourth-order valence-electron chi connectivity index (χ4n) is 3.35. The highest BCUT2D eigenvalue weighted by atomic mass is 16.3. The molecule has 0 amide bonds. The number of allylic oxidation sites excluding steroid dienone is 3. The van der Waals surface area contributed by atoms with Crippen molar-refractivity contribution in [1.82, 2.24) is 0 Å². The van der Waals surface area contributed by atoms with Gasteiger partial charge < -0.3 is 10.2 Å². The smallest absolute Gasteiger partial charge is 0.0826 e. The molecule has 0 fully saturated rings. The summed E-state index contributed by atoms with van der Waals surface area (Å²) in [6.07, 6.45) is 15.6. The molecule has 26 heavy (non-hydrogen) atoms. The highest BCUT2D eigenvalue weighted by molar-refractivity contribution is 5.17. The summed E-state index contributed by atoms with van der Waals surface area (Å²) in [5.41, 5.74) is 1.19. The van der Waals surface area contributed by atoms with E-state index in [2.05, 4.69) is 39.8 Å². The summed E-state index contributed by atoms with van der Waals surface area (Å²) in [4.78, 5) is 0. The minimum absolute atomic E-state index is 0.393. The van der Waals surface area contributed by atoms with E-state index in [0.29, 0.717) is 5.92 Å². The number of hydrogen-bond donors (Lipinski definition) is 2. The molecule has 2 unspecified atom stereocenters. The van der Waals surface area contributed by atoms with E-state index >= 15 is 0 Å². The Balaban J connectivity index is 4.65. The van der Waals surface area contributed by atoms with Crippen LogP contribution in [0.5, 0.6) is 0 Å². The molecule has 0 rings (SSSR count). The molecule has 2 heteroatoms. The van der Waals surface area contributed by atoms with Gasteiger partial charge in [-0.25, -0.2) is 0 Å². The molecule has 2 N–H and O–H groups in total. The fourth-order valence-corrected chi connectivity index (χ4v) is 3.35. The van der Waals surface area contributed by atoms with Gasteiger partial charge in [0.1, 0.15) is 0 Å². The van der Waals surface area contributed by atoms with Crippen molar-refractivity contribution < 1.29 is 10.2 Å². The van der Waals surface area contributed by atoms with Crippen LogP contribution < -0.4 is 0 Å². The van der Waals surface area contributed by atoms with E-state index < -0.39 is 11.2 Å². The van der Waals surface area contributed by atoms with E-state index in [1.54, 1.807) is 0 Å². The Morgan fingerprint density at radius 3 is 1.92 bits per heavy atom. The second-order valence-corrected chi connectivity index (χ2v) is 9.25. The SMILES string of the molecule is CCCCCCC(C)(O)/C(C)=C\C(C=C(C)C)CCCCCC(C)(C)O. The molecule has 0 aliphatic rings. The Hall–Kier alpha value is -0.600. The summed E-state index contributed by atoms with van der Waals surface area (Å²) < 4.78 is 0. The molecular formula is C24H46O2. The third-order valence-corrected chi connectivity index (χ3v) is 5.20. The van der Waals surface area contributed by atoms with Crippen LogP contribution in [0.1, 0.15) is 113 Å². The van der Waals surface area contributed by atoms with Gasteiger partial charge in [0.2, 0.25) is 0 Å².